The third-order valence-corrected chi connectivity index (χ3v) is 5.25. The monoisotopic (exact) mass is 265 g/mol. The molecule has 0 spiro atoms. The smallest absolute Gasteiger partial charge is 0.282 e. The van der Waals surface area contributed by atoms with Crippen LogP contribution in [0, 0.1) is 0 Å². The molecular formula is C9H19N3O4S. The number of nitrogens with zero attached hydrogens (tertiary/aromatic N) is 2. The highest BCUT2D eigenvalue weighted by Crippen LogP contribution is 2.18. The number of rotatable bonds is 3. The summed E-state index contributed by atoms with van der Waals surface area (Å²) in [6, 6.07) is 0. The van der Waals surface area contributed by atoms with Crippen molar-refractivity contribution in [1.29, 1.82) is 0 Å². The van der Waals surface area contributed by atoms with Crippen LogP contribution < -0.4 is 5.90 Å². The Morgan fingerprint density at radius 2 is 1.59 bits per heavy atom. The predicted molar refractivity (Wildman–Crippen MR) is 61.2 cm³/mol. The molecule has 2 heterocycles. The lowest BCUT2D eigenvalue weighted by Crippen LogP contribution is -2.51. The molecule has 100 valence electrons. The fourth-order valence-corrected chi connectivity index (χ4v) is 3.75. The van der Waals surface area contributed by atoms with Crippen LogP contribution in [0.4, 0.5) is 0 Å². The first-order chi connectivity index (χ1) is 8.14. The molecule has 0 amide bonds. The highest BCUT2D eigenvalue weighted by Gasteiger charge is 2.33. The van der Waals surface area contributed by atoms with E-state index >= 15 is 0 Å². The fourth-order valence-electron chi connectivity index (χ4n) is 2.14. The van der Waals surface area contributed by atoms with Crippen LogP contribution in [-0.2, 0) is 19.8 Å². The molecular weight excluding hydrogens is 246 g/mol. The first-order valence-electron chi connectivity index (χ1n) is 5.83. The SMILES string of the molecule is NOC1CCN(S(=O)(=O)N2CCOCC2)CC1. The molecule has 0 bridgehead atoms. The third kappa shape index (κ3) is 2.95. The molecule has 2 aliphatic heterocycles. The van der Waals surface area contributed by atoms with Gasteiger partial charge in [-0.2, -0.15) is 17.0 Å². The van der Waals surface area contributed by atoms with Gasteiger partial charge in [0.1, 0.15) is 0 Å². The van der Waals surface area contributed by atoms with Gasteiger partial charge in [-0.05, 0) is 12.8 Å². The summed E-state index contributed by atoms with van der Waals surface area (Å²) in [4.78, 5) is 4.74. The van der Waals surface area contributed by atoms with E-state index in [2.05, 4.69) is 0 Å². The first kappa shape index (κ1) is 13.2. The number of nitrogens with two attached hydrogens (primary N) is 1. The number of hydrogen-bond acceptors (Lipinski definition) is 5. The molecule has 2 saturated heterocycles. The van der Waals surface area contributed by atoms with Gasteiger partial charge in [0, 0.05) is 26.2 Å². The molecule has 0 radical (unpaired) electrons. The number of piperidine rings is 1. The number of ether oxygens (including phenoxy) is 1. The van der Waals surface area contributed by atoms with Crippen LogP contribution >= 0.6 is 0 Å². The van der Waals surface area contributed by atoms with Crippen molar-refractivity contribution < 1.29 is 18.0 Å². The van der Waals surface area contributed by atoms with E-state index in [1.165, 1.54) is 8.61 Å². The van der Waals surface area contributed by atoms with Gasteiger partial charge in [-0.15, -0.1) is 0 Å². The van der Waals surface area contributed by atoms with E-state index in [0.717, 1.165) is 0 Å². The Morgan fingerprint density at radius 3 is 2.12 bits per heavy atom. The van der Waals surface area contributed by atoms with E-state index in [9.17, 15) is 8.42 Å². The predicted octanol–water partition coefficient (Wildman–Crippen LogP) is -1.08. The molecule has 0 saturated carbocycles. The zero-order valence-electron chi connectivity index (χ0n) is 9.75. The van der Waals surface area contributed by atoms with Crippen molar-refractivity contribution in [2.24, 2.45) is 5.90 Å². The van der Waals surface area contributed by atoms with E-state index < -0.39 is 10.2 Å². The van der Waals surface area contributed by atoms with Crippen molar-refractivity contribution in [3.63, 3.8) is 0 Å². The minimum Gasteiger partial charge on any atom is -0.379 e. The molecule has 2 fully saturated rings. The molecule has 7 nitrogen and oxygen atoms in total. The highest BCUT2D eigenvalue weighted by molar-refractivity contribution is 7.86. The summed E-state index contributed by atoms with van der Waals surface area (Å²) < 4.78 is 32.7. The third-order valence-electron chi connectivity index (χ3n) is 3.22. The van der Waals surface area contributed by atoms with Gasteiger partial charge >= 0.3 is 0 Å². The molecule has 0 aromatic heterocycles. The van der Waals surface area contributed by atoms with Gasteiger partial charge in [-0.25, -0.2) is 5.90 Å². The maximum Gasteiger partial charge on any atom is 0.282 e. The van der Waals surface area contributed by atoms with Crippen LogP contribution in [0.5, 0.6) is 0 Å². The van der Waals surface area contributed by atoms with E-state index in [-0.39, 0.29) is 6.10 Å². The number of morpholine rings is 1. The van der Waals surface area contributed by atoms with E-state index in [0.29, 0.717) is 52.2 Å². The van der Waals surface area contributed by atoms with Crippen LogP contribution in [0.1, 0.15) is 12.8 Å². The van der Waals surface area contributed by atoms with Crippen LogP contribution in [-0.4, -0.2) is 62.5 Å². The second-order valence-electron chi connectivity index (χ2n) is 4.25. The van der Waals surface area contributed by atoms with Crippen LogP contribution in [0.15, 0.2) is 0 Å². The lowest BCUT2D eigenvalue weighted by Gasteiger charge is -2.35. The van der Waals surface area contributed by atoms with Crippen molar-refractivity contribution in [2.75, 3.05) is 39.4 Å². The molecule has 2 aliphatic rings. The van der Waals surface area contributed by atoms with Crippen molar-refractivity contribution in [1.82, 2.24) is 8.61 Å². The zero-order chi connectivity index (χ0) is 12.3. The second kappa shape index (κ2) is 5.59. The van der Waals surface area contributed by atoms with Gasteiger partial charge in [-0.1, -0.05) is 0 Å². The summed E-state index contributed by atoms with van der Waals surface area (Å²) in [5.74, 6) is 5.11. The summed E-state index contributed by atoms with van der Waals surface area (Å²) in [6.45, 7) is 2.78. The standard InChI is InChI=1S/C9H19N3O4S/c10-16-9-1-3-11(4-2-9)17(13,14)12-5-7-15-8-6-12/h9H,1-8,10H2. The van der Waals surface area contributed by atoms with Crippen molar-refractivity contribution in [3.05, 3.63) is 0 Å². The first-order valence-corrected chi connectivity index (χ1v) is 7.23. The van der Waals surface area contributed by atoms with E-state index in [1.54, 1.807) is 0 Å². The van der Waals surface area contributed by atoms with Gasteiger partial charge in [0.15, 0.2) is 0 Å². The Balaban J connectivity index is 1.96. The summed E-state index contributed by atoms with van der Waals surface area (Å²) in [5.41, 5.74) is 0. The van der Waals surface area contributed by atoms with Crippen LogP contribution in [0.2, 0.25) is 0 Å². The van der Waals surface area contributed by atoms with E-state index in [1.807, 2.05) is 0 Å². The topological polar surface area (TPSA) is 85.1 Å². The molecule has 17 heavy (non-hydrogen) atoms. The van der Waals surface area contributed by atoms with Crippen LogP contribution in [0.25, 0.3) is 0 Å². The molecule has 2 N–H and O–H groups in total. The molecule has 0 aliphatic carbocycles. The van der Waals surface area contributed by atoms with Gasteiger partial charge in [-0.3, -0.25) is 0 Å². The molecule has 8 heteroatoms. The van der Waals surface area contributed by atoms with Gasteiger partial charge in [0.05, 0.1) is 19.3 Å². The highest BCUT2D eigenvalue weighted by atomic mass is 32.2. The Labute approximate surface area is 102 Å². The second-order valence-corrected chi connectivity index (χ2v) is 6.18. The maximum atomic E-state index is 12.3. The van der Waals surface area contributed by atoms with E-state index in [4.69, 9.17) is 15.5 Å². The average molecular weight is 265 g/mol. The minimum absolute atomic E-state index is 0.0221. The summed E-state index contributed by atoms with van der Waals surface area (Å²) in [7, 11) is -3.33. The quantitative estimate of drug-likeness (QED) is 0.656. The zero-order valence-corrected chi connectivity index (χ0v) is 10.6. The number of hydrogen-bond donors (Lipinski definition) is 1. The Bertz CT molecular complexity index is 334. The summed E-state index contributed by atoms with van der Waals surface area (Å²) in [6.07, 6.45) is 1.28. The molecule has 0 aromatic carbocycles. The molecule has 0 aromatic rings. The molecule has 0 atom stereocenters. The maximum absolute atomic E-state index is 12.3. The Morgan fingerprint density at radius 1 is 1.06 bits per heavy atom. The lowest BCUT2D eigenvalue weighted by molar-refractivity contribution is 0.0182. The lowest BCUT2D eigenvalue weighted by atomic mass is 10.1. The van der Waals surface area contributed by atoms with Gasteiger partial charge in [0.2, 0.25) is 0 Å². The van der Waals surface area contributed by atoms with Crippen molar-refractivity contribution >= 4 is 10.2 Å². The Hall–Kier alpha value is -0.250. The van der Waals surface area contributed by atoms with Crippen LogP contribution in [0.3, 0.4) is 0 Å². The fraction of sp³-hybridized carbons (Fsp3) is 1.00. The average Bonchev–Trinajstić information content (AvgIpc) is 2.40. The van der Waals surface area contributed by atoms with Crippen molar-refractivity contribution in [2.45, 2.75) is 18.9 Å². The van der Waals surface area contributed by atoms with Crippen molar-refractivity contribution in [3.8, 4) is 0 Å². The Kier molecular flexibility index (Phi) is 4.34. The largest absolute Gasteiger partial charge is 0.379 e. The molecule has 2 rings (SSSR count). The van der Waals surface area contributed by atoms with Gasteiger partial charge in [0.25, 0.3) is 10.2 Å². The minimum atomic E-state index is -3.33. The molecule has 0 unspecified atom stereocenters. The summed E-state index contributed by atoms with van der Waals surface area (Å²) >= 11 is 0. The van der Waals surface area contributed by atoms with Gasteiger partial charge < -0.3 is 9.57 Å². The summed E-state index contributed by atoms with van der Waals surface area (Å²) in [5, 5.41) is 0. The normalized spacial score (nSPS) is 26.2.